The smallest absolute Gasteiger partial charge is 0.133 e. The number of rotatable bonds is 4. The summed E-state index contributed by atoms with van der Waals surface area (Å²) < 4.78 is 5.62. The van der Waals surface area contributed by atoms with Crippen molar-refractivity contribution in [2.24, 2.45) is 0 Å². The Balaban J connectivity index is 1.84. The van der Waals surface area contributed by atoms with Crippen LogP contribution in [-0.4, -0.2) is 29.1 Å². The molecule has 3 rings (SSSR count). The number of methoxy groups -OCH3 is 1. The Morgan fingerprint density at radius 3 is 3.05 bits per heavy atom. The average Bonchev–Trinajstić information content (AvgIpc) is 2.91. The lowest BCUT2D eigenvalue weighted by Crippen LogP contribution is -2.27. The van der Waals surface area contributed by atoms with Crippen LogP contribution in [-0.2, 0) is 0 Å². The predicted octanol–water partition coefficient (Wildman–Crippen LogP) is 3.94. The van der Waals surface area contributed by atoms with E-state index in [4.69, 9.17) is 4.74 Å². The predicted molar refractivity (Wildman–Crippen MR) is 86.9 cm³/mol. The van der Waals surface area contributed by atoms with Crippen molar-refractivity contribution in [3.8, 4) is 5.75 Å². The van der Waals surface area contributed by atoms with Crippen LogP contribution in [0.25, 0.3) is 10.8 Å². The molecule has 4 heteroatoms. The number of nitrogens with zero attached hydrogens (tertiary/aromatic N) is 1. The van der Waals surface area contributed by atoms with Crippen molar-refractivity contribution in [1.29, 1.82) is 0 Å². The van der Waals surface area contributed by atoms with E-state index in [2.05, 4.69) is 35.1 Å². The number of anilines is 1. The molecule has 1 saturated heterocycles. The molecule has 0 radical (unpaired) electrons. The van der Waals surface area contributed by atoms with E-state index in [1.165, 1.54) is 18.6 Å². The van der Waals surface area contributed by atoms with Gasteiger partial charge in [0, 0.05) is 22.9 Å². The van der Waals surface area contributed by atoms with E-state index in [-0.39, 0.29) is 0 Å². The molecule has 2 heterocycles. The first-order valence-corrected chi connectivity index (χ1v) is 7.99. The molecule has 1 unspecified atom stereocenters. The first kappa shape index (κ1) is 13.6. The summed E-state index contributed by atoms with van der Waals surface area (Å²) in [6.45, 7) is 3.31. The Bertz CT molecular complexity index is 608. The molecule has 1 atom stereocenters. The Morgan fingerprint density at radius 2 is 2.30 bits per heavy atom. The third-order valence-corrected chi connectivity index (χ3v) is 5.44. The highest BCUT2D eigenvalue weighted by atomic mass is 32.2. The van der Waals surface area contributed by atoms with Gasteiger partial charge in [-0.05, 0) is 55.2 Å². The minimum absolute atomic E-state index is 0.344. The molecule has 2 aromatic rings. The zero-order valence-electron chi connectivity index (χ0n) is 12.0. The Kier molecular flexibility index (Phi) is 3.74. The number of benzene rings is 1. The normalized spacial score (nSPS) is 22.1. The molecule has 0 spiro atoms. The summed E-state index contributed by atoms with van der Waals surface area (Å²) in [6.07, 6.45) is 4.46. The van der Waals surface area contributed by atoms with Crippen molar-refractivity contribution < 1.29 is 4.74 Å². The minimum Gasteiger partial charge on any atom is -0.497 e. The van der Waals surface area contributed by atoms with E-state index in [1.54, 1.807) is 7.11 Å². The number of ether oxygens (including phenoxy) is 1. The van der Waals surface area contributed by atoms with Crippen LogP contribution in [0.15, 0.2) is 30.5 Å². The molecule has 0 amide bonds. The largest absolute Gasteiger partial charge is 0.497 e. The molecule has 1 aliphatic heterocycles. The third kappa shape index (κ3) is 2.70. The lowest BCUT2D eigenvalue weighted by molar-refractivity contribution is 0.415. The monoisotopic (exact) mass is 288 g/mol. The van der Waals surface area contributed by atoms with Crippen molar-refractivity contribution in [3.05, 3.63) is 30.5 Å². The van der Waals surface area contributed by atoms with Crippen LogP contribution in [0.4, 0.5) is 5.82 Å². The Morgan fingerprint density at radius 1 is 1.40 bits per heavy atom. The summed E-state index contributed by atoms with van der Waals surface area (Å²) in [6, 6.07) is 8.14. The van der Waals surface area contributed by atoms with E-state index in [0.717, 1.165) is 28.9 Å². The van der Waals surface area contributed by atoms with Crippen LogP contribution in [0.3, 0.4) is 0 Å². The van der Waals surface area contributed by atoms with Gasteiger partial charge in [-0.25, -0.2) is 4.98 Å². The van der Waals surface area contributed by atoms with E-state index < -0.39 is 0 Å². The molecule has 1 aromatic heterocycles. The molecule has 3 nitrogen and oxygen atoms in total. The summed E-state index contributed by atoms with van der Waals surface area (Å²) in [7, 11) is 1.69. The SMILES string of the molecule is COc1ccc2c(NCC3(C)CCCS3)nccc2c1. The van der Waals surface area contributed by atoms with Crippen molar-refractivity contribution in [1.82, 2.24) is 4.98 Å². The zero-order valence-corrected chi connectivity index (χ0v) is 12.8. The molecule has 106 valence electrons. The number of hydrogen-bond donors (Lipinski definition) is 1. The summed E-state index contributed by atoms with van der Waals surface area (Å²) >= 11 is 2.07. The zero-order chi connectivity index (χ0) is 14.0. The van der Waals surface area contributed by atoms with Gasteiger partial charge < -0.3 is 10.1 Å². The maximum atomic E-state index is 5.28. The van der Waals surface area contributed by atoms with Crippen molar-refractivity contribution in [2.45, 2.75) is 24.5 Å². The maximum absolute atomic E-state index is 5.28. The minimum atomic E-state index is 0.344. The number of thioether (sulfide) groups is 1. The van der Waals surface area contributed by atoms with E-state index in [9.17, 15) is 0 Å². The molecule has 20 heavy (non-hydrogen) atoms. The number of pyridine rings is 1. The topological polar surface area (TPSA) is 34.1 Å². The number of hydrogen-bond acceptors (Lipinski definition) is 4. The lowest BCUT2D eigenvalue weighted by Gasteiger charge is -2.23. The second-order valence-corrected chi connectivity index (χ2v) is 7.18. The summed E-state index contributed by atoms with van der Waals surface area (Å²) in [5.74, 6) is 3.13. The standard InChI is InChI=1S/C16H20N2OS/c1-16(7-3-9-20-16)11-18-15-14-5-4-13(19-2)10-12(14)6-8-17-15/h4-6,8,10H,3,7,9,11H2,1-2H3,(H,17,18). The van der Waals surface area contributed by atoms with Crippen LogP contribution in [0, 0.1) is 0 Å². The van der Waals surface area contributed by atoms with Crippen LogP contribution < -0.4 is 10.1 Å². The molecule has 0 saturated carbocycles. The van der Waals surface area contributed by atoms with Crippen LogP contribution in [0.1, 0.15) is 19.8 Å². The average molecular weight is 288 g/mol. The van der Waals surface area contributed by atoms with Gasteiger partial charge in [0.2, 0.25) is 0 Å². The molecule has 0 aliphatic carbocycles. The fraction of sp³-hybridized carbons (Fsp3) is 0.438. The van der Waals surface area contributed by atoms with Crippen LogP contribution >= 0.6 is 11.8 Å². The molecule has 0 bridgehead atoms. The molecular formula is C16H20N2OS. The van der Waals surface area contributed by atoms with E-state index in [0.29, 0.717) is 4.75 Å². The van der Waals surface area contributed by atoms with Gasteiger partial charge >= 0.3 is 0 Å². The van der Waals surface area contributed by atoms with Gasteiger partial charge in [0.05, 0.1) is 7.11 Å². The van der Waals surface area contributed by atoms with Gasteiger partial charge in [-0.2, -0.15) is 11.8 Å². The molecule has 1 fully saturated rings. The highest BCUT2D eigenvalue weighted by molar-refractivity contribution is 8.00. The van der Waals surface area contributed by atoms with Gasteiger partial charge in [0.1, 0.15) is 11.6 Å². The number of fused-ring (bicyclic) bond motifs is 1. The fourth-order valence-electron chi connectivity index (χ4n) is 2.67. The highest BCUT2D eigenvalue weighted by Gasteiger charge is 2.29. The van der Waals surface area contributed by atoms with Crippen LogP contribution in [0.2, 0.25) is 0 Å². The van der Waals surface area contributed by atoms with Gasteiger partial charge in [-0.3, -0.25) is 0 Å². The molecular weight excluding hydrogens is 268 g/mol. The van der Waals surface area contributed by atoms with E-state index >= 15 is 0 Å². The Labute approximate surface area is 124 Å². The molecule has 1 aromatic carbocycles. The van der Waals surface area contributed by atoms with Gasteiger partial charge in [-0.1, -0.05) is 0 Å². The third-order valence-electron chi connectivity index (χ3n) is 3.90. The number of nitrogens with one attached hydrogen (secondary N) is 1. The first-order chi connectivity index (χ1) is 9.70. The quantitative estimate of drug-likeness (QED) is 0.924. The maximum Gasteiger partial charge on any atom is 0.133 e. The fourth-order valence-corrected chi connectivity index (χ4v) is 3.92. The second-order valence-electron chi connectivity index (χ2n) is 5.50. The lowest BCUT2D eigenvalue weighted by atomic mass is 10.1. The van der Waals surface area contributed by atoms with Gasteiger partial charge in [0.15, 0.2) is 0 Å². The Hall–Kier alpha value is -1.42. The van der Waals surface area contributed by atoms with Crippen molar-refractivity contribution in [3.63, 3.8) is 0 Å². The summed E-state index contributed by atoms with van der Waals surface area (Å²) in [5.41, 5.74) is 0. The second kappa shape index (κ2) is 5.52. The van der Waals surface area contributed by atoms with Crippen LogP contribution in [0.5, 0.6) is 5.75 Å². The highest BCUT2D eigenvalue weighted by Crippen LogP contribution is 2.38. The molecule has 1 aliphatic rings. The van der Waals surface area contributed by atoms with E-state index in [1.807, 2.05) is 24.4 Å². The molecule has 1 N–H and O–H groups in total. The van der Waals surface area contributed by atoms with Crippen molar-refractivity contribution >= 4 is 28.4 Å². The first-order valence-electron chi connectivity index (χ1n) is 7.01. The summed E-state index contributed by atoms with van der Waals surface area (Å²) in [4.78, 5) is 4.49. The summed E-state index contributed by atoms with van der Waals surface area (Å²) in [5, 5.41) is 5.85. The van der Waals surface area contributed by atoms with Gasteiger partial charge in [0.25, 0.3) is 0 Å². The van der Waals surface area contributed by atoms with Crippen molar-refractivity contribution in [2.75, 3.05) is 24.7 Å². The number of aromatic nitrogens is 1. The van der Waals surface area contributed by atoms with Gasteiger partial charge in [-0.15, -0.1) is 0 Å².